The smallest absolute Gasteiger partial charge is 0.252 e. The van der Waals surface area contributed by atoms with Gasteiger partial charge in [-0.25, -0.2) is 8.42 Å². The molecule has 2 atom stereocenters. The van der Waals surface area contributed by atoms with Crippen LogP contribution in [0.1, 0.15) is 0 Å². The van der Waals surface area contributed by atoms with E-state index < -0.39 is 22.2 Å². The van der Waals surface area contributed by atoms with Crippen LogP contribution >= 0.6 is 23.7 Å². The van der Waals surface area contributed by atoms with Gasteiger partial charge in [-0.3, -0.25) is 0 Å². The predicted octanol–water partition coefficient (Wildman–Crippen LogP) is 1.02. The van der Waals surface area contributed by atoms with Crippen molar-refractivity contribution in [3.8, 4) is 0 Å². The van der Waals surface area contributed by atoms with Gasteiger partial charge in [0, 0.05) is 23.8 Å². The Bertz CT molecular complexity index is 673. The summed E-state index contributed by atoms with van der Waals surface area (Å²) in [7, 11) is -3.55. The fourth-order valence-electron chi connectivity index (χ4n) is 2.18. The van der Waals surface area contributed by atoms with Gasteiger partial charge in [0.15, 0.2) is 0 Å². The number of aliphatic hydroxyl groups is 1. The number of hydrogen-bond donors (Lipinski definition) is 2. The second kappa shape index (κ2) is 5.59. The molecule has 1 aliphatic heterocycles. The summed E-state index contributed by atoms with van der Waals surface area (Å²) in [6.45, 7) is 0.232. The van der Waals surface area contributed by atoms with Crippen LogP contribution in [-0.4, -0.2) is 43.1 Å². The average Bonchev–Trinajstić information content (AvgIpc) is 2.94. The highest BCUT2D eigenvalue weighted by Gasteiger charge is 2.37. The number of hydrogen-bond acceptors (Lipinski definition) is 5. The molecule has 8 heteroatoms. The molecular formula is C12H15ClN2O3S2. The van der Waals surface area contributed by atoms with Gasteiger partial charge in [-0.2, -0.15) is 4.31 Å². The van der Waals surface area contributed by atoms with Crippen molar-refractivity contribution < 1.29 is 13.5 Å². The Labute approximate surface area is 127 Å². The molecular weight excluding hydrogens is 320 g/mol. The predicted molar refractivity (Wildman–Crippen MR) is 81.8 cm³/mol. The molecule has 1 aromatic carbocycles. The Morgan fingerprint density at radius 3 is 2.60 bits per heavy atom. The minimum Gasteiger partial charge on any atom is -0.390 e. The second-order valence-corrected chi connectivity index (χ2v) is 7.91. The van der Waals surface area contributed by atoms with Crippen molar-refractivity contribution in [3.63, 3.8) is 0 Å². The summed E-state index contributed by atoms with van der Waals surface area (Å²) >= 11 is 1.24. The van der Waals surface area contributed by atoms with Gasteiger partial charge in [0.05, 0.1) is 6.10 Å². The van der Waals surface area contributed by atoms with Crippen molar-refractivity contribution in [3.05, 3.63) is 30.3 Å². The maximum Gasteiger partial charge on any atom is 0.252 e. The van der Waals surface area contributed by atoms with Crippen LogP contribution < -0.4 is 5.73 Å². The minimum absolute atomic E-state index is 0. The van der Waals surface area contributed by atoms with Crippen LogP contribution in [0.5, 0.6) is 0 Å². The van der Waals surface area contributed by atoms with Crippen LogP contribution in [0, 0.1) is 0 Å². The third-order valence-corrected chi connectivity index (χ3v) is 6.69. The zero-order valence-electron chi connectivity index (χ0n) is 10.5. The number of sulfonamides is 1. The van der Waals surface area contributed by atoms with Gasteiger partial charge in [0.1, 0.15) is 4.21 Å². The first-order valence-electron chi connectivity index (χ1n) is 5.91. The van der Waals surface area contributed by atoms with Crippen LogP contribution in [0.15, 0.2) is 34.5 Å². The van der Waals surface area contributed by atoms with Gasteiger partial charge in [-0.15, -0.1) is 23.7 Å². The number of fused-ring (bicyclic) bond motifs is 1. The zero-order valence-corrected chi connectivity index (χ0v) is 12.9. The van der Waals surface area contributed by atoms with Gasteiger partial charge in [0.25, 0.3) is 10.0 Å². The summed E-state index contributed by atoms with van der Waals surface area (Å²) in [6.07, 6.45) is -0.788. The molecule has 1 aromatic heterocycles. The molecule has 5 nitrogen and oxygen atoms in total. The lowest BCUT2D eigenvalue weighted by Crippen LogP contribution is -2.33. The number of rotatable bonds is 2. The third kappa shape index (κ3) is 2.57. The number of halogens is 1. The number of thiophene rings is 1. The summed E-state index contributed by atoms with van der Waals surface area (Å²) < 4.78 is 27.4. The van der Waals surface area contributed by atoms with Crippen LogP contribution in [0.25, 0.3) is 10.1 Å². The van der Waals surface area contributed by atoms with E-state index >= 15 is 0 Å². The van der Waals surface area contributed by atoms with Crippen LogP contribution in [0.4, 0.5) is 0 Å². The number of β-amino-alcohol motifs (C(OH)–C–C–N with tert-alkyl or cyclic N) is 1. The van der Waals surface area contributed by atoms with Gasteiger partial charge < -0.3 is 10.8 Å². The molecule has 0 unspecified atom stereocenters. The van der Waals surface area contributed by atoms with Crippen molar-refractivity contribution in [2.45, 2.75) is 16.4 Å². The van der Waals surface area contributed by atoms with E-state index in [1.54, 1.807) is 6.07 Å². The van der Waals surface area contributed by atoms with Crippen molar-refractivity contribution in [1.82, 2.24) is 4.31 Å². The summed E-state index contributed by atoms with van der Waals surface area (Å²) in [5, 5.41) is 10.5. The maximum absolute atomic E-state index is 12.5. The van der Waals surface area contributed by atoms with Crippen molar-refractivity contribution >= 4 is 43.9 Å². The van der Waals surface area contributed by atoms with E-state index in [2.05, 4.69) is 0 Å². The van der Waals surface area contributed by atoms with E-state index in [-0.39, 0.29) is 25.5 Å². The minimum atomic E-state index is -3.55. The standard InChI is InChI=1S/C12H14N2O3S2.ClH/c13-9-6-14(7-10(9)15)19(16,17)12-5-8-3-1-2-4-11(8)18-12;/h1-5,9-10,15H,6-7,13H2;1H/t9-,10-;/m1./s1. The largest absolute Gasteiger partial charge is 0.390 e. The van der Waals surface area contributed by atoms with Crippen molar-refractivity contribution in [1.29, 1.82) is 0 Å². The van der Waals surface area contributed by atoms with Crippen LogP contribution in [0.2, 0.25) is 0 Å². The topological polar surface area (TPSA) is 83.6 Å². The van der Waals surface area contributed by atoms with E-state index in [1.807, 2.05) is 24.3 Å². The normalized spacial score (nSPS) is 23.9. The SMILES string of the molecule is Cl.N[C@@H]1CN(S(=O)(=O)c2cc3ccccc3s2)C[C@H]1O. The lowest BCUT2D eigenvalue weighted by Gasteiger charge is -2.13. The highest BCUT2D eigenvalue weighted by atomic mass is 35.5. The summed E-state index contributed by atoms with van der Waals surface area (Å²) in [5.41, 5.74) is 5.67. The number of aliphatic hydroxyl groups excluding tert-OH is 1. The zero-order chi connectivity index (χ0) is 13.6. The number of nitrogens with two attached hydrogens (primary N) is 1. The Kier molecular flexibility index (Phi) is 4.38. The molecule has 1 aliphatic rings. The summed E-state index contributed by atoms with van der Waals surface area (Å²) in [5.74, 6) is 0. The monoisotopic (exact) mass is 334 g/mol. The Hall–Kier alpha value is -0.700. The third-order valence-electron chi connectivity index (χ3n) is 3.30. The molecule has 0 radical (unpaired) electrons. The lowest BCUT2D eigenvalue weighted by atomic mass is 10.2. The van der Waals surface area contributed by atoms with E-state index in [9.17, 15) is 13.5 Å². The van der Waals surface area contributed by atoms with Crippen molar-refractivity contribution in [2.75, 3.05) is 13.1 Å². The van der Waals surface area contributed by atoms with E-state index in [1.165, 1.54) is 15.6 Å². The van der Waals surface area contributed by atoms with Gasteiger partial charge in [-0.05, 0) is 17.5 Å². The summed E-state index contributed by atoms with van der Waals surface area (Å²) in [6, 6.07) is 8.69. The van der Waals surface area contributed by atoms with Gasteiger partial charge in [0.2, 0.25) is 0 Å². The molecule has 20 heavy (non-hydrogen) atoms. The quantitative estimate of drug-likeness (QED) is 0.858. The van der Waals surface area contributed by atoms with Gasteiger partial charge in [-0.1, -0.05) is 18.2 Å². The first-order valence-corrected chi connectivity index (χ1v) is 8.16. The molecule has 3 N–H and O–H groups in total. The van der Waals surface area contributed by atoms with Crippen molar-refractivity contribution in [2.24, 2.45) is 5.73 Å². The molecule has 3 rings (SSSR count). The fraction of sp³-hybridized carbons (Fsp3) is 0.333. The highest BCUT2D eigenvalue weighted by molar-refractivity contribution is 7.91. The van der Waals surface area contributed by atoms with Crippen LogP contribution in [0.3, 0.4) is 0 Å². The second-order valence-electron chi connectivity index (χ2n) is 4.66. The van der Waals surface area contributed by atoms with Gasteiger partial charge >= 0.3 is 0 Å². The first kappa shape index (κ1) is 15.7. The molecule has 0 saturated carbocycles. The molecule has 1 fully saturated rings. The lowest BCUT2D eigenvalue weighted by molar-refractivity contribution is 0.174. The van der Waals surface area contributed by atoms with Crippen LogP contribution in [-0.2, 0) is 10.0 Å². The maximum atomic E-state index is 12.5. The number of benzene rings is 1. The fourth-order valence-corrected chi connectivity index (χ4v) is 5.23. The molecule has 0 aliphatic carbocycles. The molecule has 0 amide bonds. The Balaban J connectivity index is 0.00000147. The molecule has 2 heterocycles. The molecule has 2 aromatic rings. The highest BCUT2D eigenvalue weighted by Crippen LogP contribution is 2.31. The molecule has 110 valence electrons. The summed E-state index contributed by atoms with van der Waals surface area (Å²) in [4.78, 5) is 0. The number of nitrogens with zero attached hydrogens (tertiary/aromatic N) is 1. The van der Waals surface area contributed by atoms with E-state index in [0.717, 1.165) is 10.1 Å². The molecule has 0 bridgehead atoms. The molecule has 0 spiro atoms. The Morgan fingerprint density at radius 1 is 1.30 bits per heavy atom. The molecule has 1 saturated heterocycles. The average molecular weight is 335 g/mol. The Morgan fingerprint density at radius 2 is 2.00 bits per heavy atom. The van der Waals surface area contributed by atoms with E-state index in [0.29, 0.717) is 4.21 Å². The first-order chi connectivity index (χ1) is 8.98. The van der Waals surface area contributed by atoms with E-state index in [4.69, 9.17) is 5.73 Å².